The van der Waals surface area contributed by atoms with Gasteiger partial charge in [0.25, 0.3) is 0 Å². The molecule has 4 heteroatoms. The van der Waals surface area contributed by atoms with Crippen LogP contribution in [-0.2, 0) is 0 Å². The number of pyridine rings is 2. The third kappa shape index (κ3) is 3.87. The second-order valence-corrected chi connectivity index (χ2v) is 11.8. The molecule has 46 heavy (non-hydrogen) atoms. The van der Waals surface area contributed by atoms with Crippen molar-refractivity contribution in [3.05, 3.63) is 146 Å². The van der Waals surface area contributed by atoms with Crippen molar-refractivity contribution in [2.75, 3.05) is 0 Å². The largest absolute Gasteiger partial charge is 0.456 e. The van der Waals surface area contributed by atoms with Gasteiger partial charge < -0.3 is 8.83 Å². The van der Waals surface area contributed by atoms with Crippen LogP contribution in [0.5, 0.6) is 0 Å². The summed E-state index contributed by atoms with van der Waals surface area (Å²) >= 11 is 0. The van der Waals surface area contributed by atoms with E-state index >= 15 is 0 Å². The van der Waals surface area contributed by atoms with E-state index in [-0.39, 0.29) is 0 Å². The highest BCUT2D eigenvalue weighted by molar-refractivity contribution is 6.08. The highest BCUT2D eigenvalue weighted by Gasteiger charge is 2.13. The molecule has 4 heterocycles. The van der Waals surface area contributed by atoms with Crippen LogP contribution in [0.3, 0.4) is 0 Å². The maximum Gasteiger partial charge on any atom is 0.135 e. The number of para-hydroxylation sites is 2. The van der Waals surface area contributed by atoms with E-state index in [1.807, 2.05) is 36.4 Å². The number of hydrogen-bond acceptors (Lipinski definition) is 4. The fourth-order valence-corrected chi connectivity index (χ4v) is 6.71. The molecule has 0 bridgehead atoms. The van der Waals surface area contributed by atoms with Crippen molar-refractivity contribution in [3.63, 3.8) is 0 Å². The van der Waals surface area contributed by atoms with E-state index in [4.69, 9.17) is 18.8 Å². The second kappa shape index (κ2) is 9.62. The zero-order valence-corrected chi connectivity index (χ0v) is 24.6. The van der Waals surface area contributed by atoms with Gasteiger partial charge in [0.1, 0.15) is 22.3 Å². The molecule has 6 aromatic carbocycles. The molecule has 0 N–H and O–H groups in total. The summed E-state index contributed by atoms with van der Waals surface area (Å²) in [7, 11) is 0. The zero-order valence-electron chi connectivity index (χ0n) is 24.6. The molecule has 0 amide bonds. The minimum atomic E-state index is 0.879. The van der Waals surface area contributed by atoms with Gasteiger partial charge in [-0.15, -0.1) is 0 Å². The number of benzene rings is 6. The molecule has 214 valence electrons. The summed E-state index contributed by atoms with van der Waals surface area (Å²) in [6, 6.07) is 50.4. The van der Waals surface area contributed by atoms with Crippen LogP contribution in [0.15, 0.2) is 154 Å². The van der Waals surface area contributed by atoms with Gasteiger partial charge in [0, 0.05) is 43.4 Å². The van der Waals surface area contributed by atoms with Crippen LogP contribution >= 0.6 is 0 Å². The average molecular weight is 589 g/mol. The van der Waals surface area contributed by atoms with Crippen molar-refractivity contribution in [1.29, 1.82) is 0 Å². The molecule has 0 aliphatic rings. The Morgan fingerprint density at radius 2 is 0.761 bits per heavy atom. The minimum Gasteiger partial charge on any atom is -0.456 e. The lowest BCUT2D eigenvalue weighted by Crippen LogP contribution is -1.91. The Morgan fingerprint density at radius 3 is 1.37 bits per heavy atom. The molecule has 4 nitrogen and oxygen atoms in total. The molecule has 0 saturated heterocycles. The van der Waals surface area contributed by atoms with Crippen molar-refractivity contribution >= 4 is 65.7 Å². The number of rotatable bonds is 3. The molecular formula is C42H24N2O2. The van der Waals surface area contributed by atoms with E-state index in [9.17, 15) is 0 Å². The molecule has 0 fully saturated rings. The van der Waals surface area contributed by atoms with Crippen molar-refractivity contribution in [3.8, 4) is 33.6 Å². The fourth-order valence-electron chi connectivity index (χ4n) is 6.71. The maximum absolute atomic E-state index is 6.05. The first kappa shape index (κ1) is 25.1. The van der Waals surface area contributed by atoms with Gasteiger partial charge in [-0.1, -0.05) is 91.0 Å². The predicted molar refractivity (Wildman–Crippen MR) is 188 cm³/mol. The van der Waals surface area contributed by atoms with Gasteiger partial charge >= 0.3 is 0 Å². The fraction of sp³-hybridized carbons (Fsp3) is 0. The summed E-state index contributed by atoms with van der Waals surface area (Å²) in [5, 5.41) is 6.59. The summed E-state index contributed by atoms with van der Waals surface area (Å²) in [6.45, 7) is 0. The number of fused-ring (bicyclic) bond motifs is 9. The van der Waals surface area contributed by atoms with Gasteiger partial charge in [0.15, 0.2) is 0 Å². The molecule has 0 aliphatic heterocycles. The molecule has 0 unspecified atom stereocenters. The summed E-state index contributed by atoms with van der Waals surface area (Å²) in [5.74, 6) is 0. The Hall–Kier alpha value is -6.26. The predicted octanol–water partition coefficient (Wildman–Crippen LogP) is 11.6. The first-order chi connectivity index (χ1) is 22.7. The lowest BCUT2D eigenvalue weighted by molar-refractivity contribution is 0.668. The molecule has 0 saturated carbocycles. The lowest BCUT2D eigenvalue weighted by atomic mass is 10.00. The number of nitrogens with zero attached hydrogens (tertiary/aromatic N) is 2. The summed E-state index contributed by atoms with van der Waals surface area (Å²) in [5.41, 5.74) is 11.6. The van der Waals surface area contributed by atoms with E-state index in [0.717, 1.165) is 99.3 Å². The third-order valence-electron chi connectivity index (χ3n) is 9.08. The van der Waals surface area contributed by atoms with Crippen molar-refractivity contribution in [2.24, 2.45) is 0 Å². The Labute approximate surface area is 263 Å². The van der Waals surface area contributed by atoms with E-state index in [1.54, 1.807) is 0 Å². The van der Waals surface area contributed by atoms with Crippen LogP contribution in [0, 0.1) is 0 Å². The highest BCUT2D eigenvalue weighted by Crippen LogP contribution is 2.35. The standard InChI is InChI=1S/C42H24N2O2/c1-3-7-37-31(5-1)33-23-29(17-21-39(33)45-37)25-9-11-26(12-10-25)35-19-15-27-13-14-28-16-20-36(44-42(28)41(27)43-35)30-18-22-40-34(24-30)32-6-2-4-8-38(32)46-40/h1-24H. The molecule has 0 radical (unpaired) electrons. The first-order valence-corrected chi connectivity index (χ1v) is 15.4. The van der Waals surface area contributed by atoms with Crippen LogP contribution in [0.4, 0.5) is 0 Å². The summed E-state index contributed by atoms with van der Waals surface area (Å²) in [6.07, 6.45) is 0. The quantitative estimate of drug-likeness (QED) is 0.193. The van der Waals surface area contributed by atoms with Gasteiger partial charge in [-0.2, -0.15) is 0 Å². The summed E-state index contributed by atoms with van der Waals surface area (Å²) in [4.78, 5) is 10.3. The van der Waals surface area contributed by atoms with Crippen LogP contribution in [0.25, 0.3) is 99.3 Å². The smallest absolute Gasteiger partial charge is 0.135 e. The SMILES string of the molecule is c1ccc2c(c1)oc1ccc(-c3ccc(-c4ccc5ccc6ccc(-c7ccc8oc9ccccc9c8c7)nc6c5n4)cc3)cc12. The Bertz CT molecular complexity index is 2810. The van der Waals surface area contributed by atoms with Crippen LogP contribution in [0.1, 0.15) is 0 Å². The Morgan fingerprint density at radius 1 is 0.326 bits per heavy atom. The average Bonchev–Trinajstić information content (AvgIpc) is 3.69. The van der Waals surface area contributed by atoms with Crippen LogP contribution < -0.4 is 0 Å². The molecule has 10 aromatic rings. The van der Waals surface area contributed by atoms with Crippen molar-refractivity contribution in [2.45, 2.75) is 0 Å². The molecular weight excluding hydrogens is 564 g/mol. The molecule has 10 rings (SSSR count). The van der Waals surface area contributed by atoms with Gasteiger partial charge in [-0.3, -0.25) is 0 Å². The number of aromatic nitrogens is 2. The van der Waals surface area contributed by atoms with Gasteiger partial charge in [0.2, 0.25) is 0 Å². The normalized spacial score (nSPS) is 11.9. The van der Waals surface area contributed by atoms with Crippen molar-refractivity contribution < 1.29 is 8.83 Å². The van der Waals surface area contributed by atoms with E-state index < -0.39 is 0 Å². The van der Waals surface area contributed by atoms with Gasteiger partial charge in [0.05, 0.1) is 22.4 Å². The van der Waals surface area contributed by atoms with E-state index in [0.29, 0.717) is 0 Å². The molecule has 0 atom stereocenters. The van der Waals surface area contributed by atoms with Crippen molar-refractivity contribution in [1.82, 2.24) is 9.97 Å². The Kier molecular flexibility index (Phi) is 5.25. The Balaban J connectivity index is 1.04. The topological polar surface area (TPSA) is 52.1 Å². The minimum absolute atomic E-state index is 0.879. The van der Waals surface area contributed by atoms with E-state index in [1.165, 1.54) is 0 Å². The second-order valence-electron chi connectivity index (χ2n) is 11.8. The molecule has 0 spiro atoms. The first-order valence-electron chi connectivity index (χ1n) is 15.4. The third-order valence-corrected chi connectivity index (χ3v) is 9.08. The highest BCUT2D eigenvalue weighted by atomic mass is 16.3. The monoisotopic (exact) mass is 588 g/mol. The number of hydrogen-bond donors (Lipinski definition) is 0. The number of furan rings is 2. The van der Waals surface area contributed by atoms with Gasteiger partial charge in [-0.25, -0.2) is 9.97 Å². The maximum atomic E-state index is 6.05. The summed E-state index contributed by atoms with van der Waals surface area (Å²) < 4.78 is 12.1. The molecule has 4 aromatic heterocycles. The van der Waals surface area contributed by atoms with Crippen LogP contribution in [0.2, 0.25) is 0 Å². The van der Waals surface area contributed by atoms with Crippen LogP contribution in [-0.4, -0.2) is 9.97 Å². The zero-order chi connectivity index (χ0) is 30.2. The molecule has 0 aliphatic carbocycles. The van der Waals surface area contributed by atoms with E-state index in [2.05, 4.69) is 109 Å². The van der Waals surface area contributed by atoms with Gasteiger partial charge in [-0.05, 0) is 65.7 Å². The lowest BCUT2D eigenvalue weighted by Gasteiger charge is -2.09.